The van der Waals surface area contributed by atoms with Crippen molar-refractivity contribution in [3.05, 3.63) is 94.9 Å². The van der Waals surface area contributed by atoms with E-state index in [-0.39, 0.29) is 36.4 Å². The molecule has 0 bridgehead atoms. The van der Waals surface area contributed by atoms with Gasteiger partial charge in [-0.15, -0.1) is 0 Å². The summed E-state index contributed by atoms with van der Waals surface area (Å²) >= 11 is 0. The lowest BCUT2D eigenvalue weighted by molar-refractivity contribution is 0.0265. The maximum absolute atomic E-state index is 12.6. The first kappa shape index (κ1) is 20.1. The van der Waals surface area contributed by atoms with E-state index in [1.165, 1.54) is 24.5 Å². The highest BCUT2D eigenvalue weighted by Crippen LogP contribution is 2.26. The number of benzene rings is 2. The van der Waals surface area contributed by atoms with Gasteiger partial charge in [-0.1, -0.05) is 18.2 Å². The highest BCUT2D eigenvalue weighted by molar-refractivity contribution is 6.21. The molecular formula is C23H17NO7. The summed E-state index contributed by atoms with van der Waals surface area (Å²) in [6.07, 6.45) is 1.46. The molecule has 8 nitrogen and oxygen atoms in total. The van der Waals surface area contributed by atoms with E-state index in [0.717, 1.165) is 4.90 Å². The Kier molecular flexibility index (Phi) is 5.61. The van der Waals surface area contributed by atoms with Crippen LogP contribution in [0.3, 0.4) is 0 Å². The number of rotatable bonds is 7. The number of imide groups is 1. The van der Waals surface area contributed by atoms with Crippen LogP contribution in [0, 0.1) is 0 Å². The molecule has 8 heteroatoms. The fraction of sp³-hybridized carbons (Fsp3) is 0.130. The number of amides is 2. The zero-order chi connectivity index (χ0) is 21.8. The van der Waals surface area contributed by atoms with Gasteiger partial charge < -0.3 is 13.9 Å². The van der Waals surface area contributed by atoms with Gasteiger partial charge in [-0.25, -0.2) is 9.59 Å². The number of hydrogen-bond acceptors (Lipinski definition) is 7. The fourth-order valence-corrected chi connectivity index (χ4v) is 3.13. The van der Waals surface area contributed by atoms with Gasteiger partial charge in [-0.3, -0.25) is 14.5 Å². The molecule has 1 aromatic heterocycles. The van der Waals surface area contributed by atoms with E-state index < -0.39 is 23.8 Å². The monoisotopic (exact) mass is 419 g/mol. The average molecular weight is 419 g/mol. The third-order valence-corrected chi connectivity index (χ3v) is 4.66. The zero-order valence-electron chi connectivity index (χ0n) is 16.3. The van der Waals surface area contributed by atoms with Crippen LogP contribution in [0.4, 0.5) is 0 Å². The Balaban J connectivity index is 1.34. The molecule has 1 aliphatic heterocycles. The van der Waals surface area contributed by atoms with Crippen molar-refractivity contribution in [1.82, 2.24) is 4.90 Å². The van der Waals surface area contributed by atoms with Crippen LogP contribution in [0.15, 0.2) is 71.3 Å². The molecule has 0 saturated carbocycles. The van der Waals surface area contributed by atoms with Crippen molar-refractivity contribution in [1.29, 1.82) is 0 Å². The second-order valence-electron chi connectivity index (χ2n) is 6.67. The smallest absolute Gasteiger partial charge is 0.338 e. The lowest BCUT2D eigenvalue weighted by Gasteiger charge is -2.11. The maximum Gasteiger partial charge on any atom is 0.338 e. The normalized spacial score (nSPS) is 12.6. The van der Waals surface area contributed by atoms with Crippen LogP contribution in [0.2, 0.25) is 0 Å². The topological polar surface area (TPSA) is 103 Å². The largest absolute Gasteiger partial charge is 0.467 e. The minimum Gasteiger partial charge on any atom is -0.467 e. The molecule has 156 valence electrons. The van der Waals surface area contributed by atoms with Crippen LogP contribution >= 0.6 is 0 Å². The van der Waals surface area contributed by atoms with Crippen LogP contribution in [-0.2, 0) is 16.0 Å². The summed E-state index contributed by atoms with van der Waals surface area (Å²) < 4.78 is 15.4. The molecule has 0 N–H and O–H groups in total. The van der Waals surface area contributed by atoms with Crippen molar-refractivity contribution in [3.63, 3.8) is 0 Å². The Morgan fingerprint density at radius 2 is 1.45 bits per heavy atom. The molecule has 0 unspecified atom stereocenters. The Labute approximate surface area is 177 Å². The van der Waals surface area contributed by atoms with Crippen LogP contribution in [0.1, 0.15) is 47.2 Å². The number of fused-ring (bicyclic) bond motifs is 1. The fourth-order valence-electron chi connectivity index (χ4n) is 3.13. The standard InChI is InChI=1S/C23H17NO7/c25-20-18-9-8-16(13-19(18)21(26)24(20)14-17-7-4-10-29-17)23(28)31-12-11-30-22(27)15-5-2-1-3-6-15/h1-10,13H,11-12,14H2. The summed E-state index contributed by atoms with van der Waals surface area (Å²) in [6, 6.07) is 15.9. The molecule has 0 radical (unpaired) electrons. The zero-order valence-corrected chi connectivity index (χ0v) is 16.3. The van der Waals surface area contributed by atoms with Crippen molar-refractivity contribution < 1.29 is 33.1 Å². The van der Waals surface area contributed by atoms with Gasteiger partial charge in [0.05, 0.1) is 35.1 Å². The van der Waals surface area contributed by atoms with Crippen molar-refractivity contribution >= 4 is 23.8 Å². The van der Waals surface area contributed by atoms with E-state index in [0.29, 0.717) is 11.3 Å². The quantitative estimate of drug-likeness (QED) is 0.329. The molecule has 4 rings (SSSR count). The van der Waals surface area contributed by atoms with Gasteiger partial charge in [0, 0.05) is 0 Å². The summed E-state index contributed by atoms with van der Waals surface area (Å²) in [4.78, 5) is 50.3. The molecule has 31 heavy (non-hydrogen) atoms. The van der Waals surface area contributed by atoms with Gasteiger partial charge >= 0.3 is 11.9 Å². The van der Waals surface area contributed by atoms with Crippen LogP contribution in [-0.4, -0.2) is 41.9 Å². The molecule has 0 aliphatic carbocycles. The van der Waals surface area contributed by atoms with E-state index in [4.69, 9.17) is 13.9 Å². The highest BCUT2D eigenvalue weighted by atomic mass is 16.6. The second kappa shape index (κ2) is 8.66. The Hall–Kier alpha value is -4.20. The third-order valence-electron chi connectivity index (χ3n) is 4.66. The van der Waals surface area contributed by atoms with Gasteiger partial charge in [0.2, 0.25) is 0 Å². The third kappa shape index (κ3) is 4.23. The minimum atomic E-state index is -0.691. The van der Waals surface area contributed by atoms with Crippen molar-refractivity contribution in [3.8, 4) is 0 Å². The first-order chi connectivity index (χ1) is 15.0. The number of hydrogen-bond donors (Lipinski definition) is 0. The Morgan fingerprint density at radius 3 is 2.13 bits per heavy atom. The van der Waals surface area contributed by atoms with E-state index >= 15 is 0 Å². The number of ether oxygens (including phenoxy) is 2. The first-order valence-electron chi connectivity index (χ1n) is 9.46. The van der Waals surface area contributed by atoms with E-state index in [2.05, 4.69) is 0 Å². The minimum absolute atomic E-state index is 0.00586. The van der Waals surface area contributed by atoms with Gasteiger partial charge in [0.25, 0.3) is 11.8 Å². The molecule has 3 aromatic rings. The summed E-state index contributed by atoms with van der Waals surface area (Å²) in [5.41, 5.74) is 0.857. The number of nitrogens with zero attached hydrogens (tertiary/aromatic N) is 1. The SMILES string of the molecule is O=C(OCCOC(=O)c1ccc2c(c1)C(=O)N(Cc1ccco1)C2=O)c1ccccc1. The molecule has 2 heterocycles. The van der Waals surface area contributed by atoms with E-state index in [1.807, 2.05) is 0 Å². The number of esters is 2. The molecule has 0 spiro atoms. The molecule has 2 amide bonds. The van der Waals surface area contributed by atoms with Gasteiger partial charge in [-0.05, 0) is 42.5 Å². The summed E-state index contributed by atoms with van der Waals surface area (Å²) in [5, 5.41) is 0. The molecule has 2 aromatic carbocycles. The first-order valence-corrected chi connectivity index (χ1v) is 9.46. The van der Waals surface area contributed by atoms with Gasteiger partial charge in [-0.2, -0.15) is 0 Å². The van der Waals surface area contributed by atoms with Crippen molar-refractivity contribution in [2.45, 2.75) is 6.54 Å². The lowest BCUT2D eigenvalue weighted by atomic mass is 10.1. The van der Waals surface area contributed by atoms with Crippen LogP contribution in [0.5, 0.6) is 0 Å². The van der Waals surface area contributed by atoms with Gasteiger partial charge in [0.15, 0.2) is 0 Å². The summed E-state index contributed by atoms with van der Waals surface area (Å²) in [6.45, 7) is -0.253. The number of furan rings is 1. The van der Waals surface area contributed by atoms with Crippen molar-refractivity contribution in [2.24, 2.45) is 0 Å². The van der Waals surface area contributed by atoms with Crippen molar-refractivity contribution in [2.75, 3.05) is 13.2 Å². The molecule has 0 fully saturated rings. The highest BCUT2D eigenvalue weighted by Gasteiger charge is 2.36. The number of carbonyl (C=O) groups excluding carboxylic acids is 4. The molecule has 0 saturated heterocycles. The average Bonchev–Trinajstić information content (AvgIpc) is 3.40. The predicted molar refractivity (Wildman–Crippen MR) is 106 cm³/mol. The Morgan fingerprint density at radius 1 is 0.774 bits per heavy atom. The lowest BCUT2D eigenvalue weighted by Crippen LogP contribution is -2.28. The van der Waals surface area contributed by atoms with Crippen LogP contribution < -0.4 is 0 Å². The summed E-state index contributed by atoms with van der Waals surface area (Å²) in [5.74, 6) is -1.70. The number of carbonyl (C=O) groups is 4. The van der Waals surface area contributed by atoms with Crippen LogP contribution in [0.25, 0.3) is 0 Å². The molecule has 0 atom stereocenters. The summed E-state index contributed by atoms with van der Waals surface area (Å²) in [7, 11) is 0. The molecule has 1 aliphatic rings. The van der Waals surface area contributed by atoms with E-state index in [1.54, 1.807) is 42.5 Å². The molecular weight excluding hydrogens is 402 g/mol. The predicted octanol–water partition coefficient (Wildman–Crippen LogP) is 3.09. The van der Waals surface area contributed by atoms with E-state index in [9.17, 15) is 19.2 Å². The maximum atomic E-state index is 12.6. The second-order valence-corrected chi connectivity index (χ2v) is 6.67. The Bertz CT molecular complexity index is 1140. The van der Waals surface area contributed by atoms with Gasteiger partial charge in [0.1, 0.15) is 19.0 Å².